The van der Waals surface area contributed by atoms with Crippen molar-refractivity contribution in [3.05, 3.63) is 29.5 Å². The third kappa shape index (κ3) is 2.97. The number of methoxy groups -OCH3 is 1. The van der Waals surface area contributed by atoms with Crippen molar-refractivity contribution in [3.8, 4) is 5.75 Å². The molecular formula is C24H31N3O4. The van der Waals surface area contributed by atoms with Crippen molar-refractivity contribution in [1.82, 2.24) is 14.4 Å². The molecule has 7 heteroatoms. The van der Waals surface area contributed by atoms with E-state index >= 15 is 0 Å². The molecule has 7 nitrogen and oxygen atoms in total. The summed E-state index contributed by atoms with van der Waals surface area (Å²) in [5.41, 5.74) is 2.91. The van der Waals surface area contributed by atoms with Crippen molar-refractivity contribution < 1.29 is 19.4 Å². The number of likely N-dealkylation sites (tertiary alicyclic amines) is 1. The summed E-state index contributed by atoms with van der Waals surface area (Å²) in [5.74, 6) is 1.30. The Morgan fingerprint density at radius 1 is 1.23 bits per heavy atom. The van der Waals surface area contributed by atoms with Crippen LogP contribution in [0.3, 0.4) is 0 Å². The zero-order valence-corrected chi connectivity index (χ0v) is 18.6. The Balaban J connectivity index is 1.65. The van der Waals surface area contributed by atoms with Crippen LogP contribution in [-0.2, 0) is 22.1 Å². The number of aromatic nitrogens is 1. The van der Waals surface area contributed by atoms with Gasteiger partial charge < -0.3 is 24.2 Å². The van der Waals surface area contributed by atoms with Gasteiger partial charge in [-0.2, -0.15) is 0 Å². The maximum atomic E-state index is 13.1. The number of aliphatic hydroxyl groups is 1. The predicted octanol–water partition coefficient (Wildman–Crippen LogP) is 2.35. The standard InChI is InChI=1S/C24H31N3O4/c1-4-5-20(29)27-14-24(12-26(13-24)23(30)15-6-7-15)21-17-9-8-16(31-3)10-18(17)25(2)22(21)19(27)11-28/h8-10,15,19,28H,4-7,11-14H2,1-3H3/t19-/m0/s1. The highest BCUT2D eigenvalue weighted by Crippen LogP contribution is 2.50. The number of hydrogen-bond donors (Lipinski definition) is 1. The molecule has 166 valence electrons. The molecule has 1 saturated carbocycles. The van der Waals surface area contributed by atoms with Crippen LogP contribution in [0.4, 0.5) is 0 Å². The number of aryl methyl sites for hydroxylation is 1. The van der Waals surface area contributed by atoms with E-state index in [1.807, 2.05) is 35.9 Å². The van der Waals surface area contributed by atoms with Crippen LogP contribution in [0.1, 0.15) is 49.9 Å². The minimum Gasteiger partial charge on any atom is -0.497 e. The monoisotopic (exact) mass is 425 g/mol. The van der Waals surface area contributed by atoms with E-state index in [1.165, 1.54) is 5.56 Å². The summed E-state index contributed by atoms with van der Waals surface area (Å²) in [6.07, 6.45) is 3.22. The van der Waals surface area contributed by atoms with Crippen molar-refractivity contribution in [1.29, 1.82) is 0 Å². The number of fused-ring (bicyclic) bond motifs is 4. The molecule has 1 aromatic heterocycles. The van der Waals surface area contributed by atoms with Gasteiger partial charge in [-0.25, -0.2) is 0 Å². The number of ether oxygens (including phenoxy) is 1. The molecule has 1 spiro atoms. The summed E-state index contributed by atoms with van der Waals surface area (Å²) in [5, 5.41) is 11.5. The van der Waals surface area contributed by atoms with E-state index in [-0.39, 0.29) is 35.8 Å². The number of carbonyl (C=O) groups excluding carboxylic acids is 2. The van der Waals surface area contributed by atoms with E-state index in [9.17, 15) is 14.7 Å². The Hall–Kier alpha value is -2.54. The normalized spacial score (nSPS) is 21.9. The highest BCUT2D eigenvalue weighted by Gasteiger charge is 2.56. The van der Waals surface area contributed by atoms with E-state index in [0.29, 0.717) is 26.1 Å². The van der Waals surface area contributed by atoms with Crippen LogP contribution in [-0.4, -0.2) is 64.6 Å². The topological polar surface area (TPSA) is 75.0 Å². The Labute approximate surface area is 182 Å². The minimum atomic E-state index is -0.378. The zero-order chi connectivity index (χ0) is 21.9. The Morgan fingerprint density at radius 2 is 1.97 bits per heavy atom. The first kappa shape index (κ1) is 20.4. The fraction of sp³-hybridized carbons (Fsp3) is 0.583. The van der Waals surface area contributed by atoms with Crippen molar-refractivity contribution in [2.45, 2.75) is 44.1 Å². The van der Waals surface area contributed by atoms with Crippen molar-refractivity contribution in [3.63, 3.8) is 0 Å². The number of carbonyl (C=O) groups is 2. The van der Waals surface area contributed by atoms with E-state index < -0.39 is 0 Å². The van der Waals surface area contributed by atoms with Crippen LogP contribution in [0.25, 0.3) is 10.9 Å². The van der Waals surface area contributed by atoms with Crippen molar-refractivity contribution in [2.75, 3.05) is 33.4 Å². The summed E-state index contributed by atoms with van der Waals surface area (Å²) in [6, 6.07) is 5.68. The van der Waals surface area contributed by atoms with Crippen LogP contribution >= 0.6 is 0 Å². The number of hydrogen-bond acceptors (Lipinski definition) is 4. The first-order chi connectivity index (χ1) is 14.9. The molecule has 5 rings (SSSR count). The van der Waals surface area contributed by atoms with E-state index in [1.54, 1.807) is 7.11 Å². The third-order valence-electron chi connectivity index (χ3n) is 7.33. The molecule has 0 unspecified atom stereocenters. The summed E-state index contributed by atoms with van der Waals surface area (Å²) in [7, 11) is 3.65. The van der Waals surface area contributed by atoms with E-state index in [0.717, 1.165) is 41.6 Å². The lowest BCUT2D eigenvalue weighted by molar-refractivity contribution is -0.146. The van der Waals surface area contributed by atoms with Crippen LogP contribution in [0.2, 0.25) is 0 Å². The maximum absolute atomic E-state index is 13.1. The smallest absolute Gasteiger partial charge is 0.225 e. The molecule has 2 amide bonds. The first-order valence-electron chi connectivity index (χ1n) is 11.3. The van der Waals surface area contributed by atoms with Gasteiger partial charge in [0.05, 0.1) is 30.7 Å². The molecule has 1 atom stereocenters. The SMILES string of the molecule is CCCC(=O)N1CC2(CN(C(=O)C3CC3)C2)c2c(n(C)c3cc(OC)ccc23)[C@@H]1CO. The van der Waals surface area contributed by atoms with Gasteiger partial charge in [-0.1, -0.05) is 6.92 Å². The summed E-state index contributed by atoms with van der Waals surface area (Å²) in [4.78, 5) is 29.6. The van der Waals surface area contributed by atoms with Crippen molar-refractivity contribution >= 4 is 22.7 Å². The second-order valence-corrected chi connectivity index (χ2v) is 9.42. The van der Waals surface area contributed by atoms with Crippen molar-refractivity contribution in [2.24, 2.45) is 13.0 Å². The minimum absolute atomic E-state index is 0.0707. The fourth-order valence-electron chi connectivity index (χ4n) is 5.66. The lowest BCUT2D eigenvalue weighted by atomic mass is 9.68. The number of aliphatic hydroxyl groups excluding tert-OH is 1. The van der Waals surface area contributed by atoms with Gasteiger partial charge in [-0.05, 0) is 37.0 Å². The predicted molar refractivity (Wildman–Crippen MR) is 117 cm³/mol. The molecule has 2 aliphatic heterocycles. The molecule has 0 radical (unpaired) electrons. The van der Waals surface area contributed by atoms with Gasteiger partial charge >= 0.3 is 0 Å². The van der Waals surface area contributed by atoms with Gasteiger partial charge in [0, 0.05) is 56.2 Å². The number of benzene rings is 1. The summed E-state index contributed by atoms with van der Waals surface area (Å²) in [6.45, 7) is 3.69. The molecule has 31 heavy (non-hydrogen) atoms. The Kier molecular flexibility index (Phi) is 4.77. The Bertz CT molecular complexity index is 1050. The highest BCUT2D eigenvalue weighted by molar-refractivity contribution is 5.91. The van der Waals surface area contributed by atoms with Gasteiger partial charge in [0.2, 0.25) is 11.8 Å². The number of nitrogens with zero attached hydrogens (tertiary/aromatic N) is 3. The number of rotatable bonds is 5. The van der Waals surface area contributed by atoms with Gasteiger partial charge in [-0.3, -0.25) is 9.59 Å². The lowest BCUT2D eigenvalue weighted by Crippen LogP contribution is -2.68. The molecule has 0 bridgehead atoms. The first-order valence-corrected chi connectivity index (χ1v) is 11.3. The highest BCUT2D eigenvalue weighted by atomic mass is 16.5. The Morgan fingerprint density at radius 3 is 2.58 bits per heavy atom. The molecule has 1 saturated heterocycles. The molecule has 3 heterocycles. The molecule has 1 aliphatic carbocycles. The summed E-state index contributed by atoms with van der Waals surface area (Å²) >= 11 is 0. The average molecular weight is 426 g/mol. The van der Waals surface area contributed by atoms with Gasteiger partial charge in [-0.15, -0.1) is 0 Å². The third-order valence-corrected chi connectivity index (χ3v) is 7.33. The van der Waals surface area contributed by atoms with E-state index in [4.69, 9.17) is 4.74 Å². The summed E-state index contributed by atoms with van der Waals surface area (Å²) < 4.78 is 7.55. The molecule has 1 aromatic carbocycles. The molecule has 1 N–H and O–H groups in total. The maximum Gasteiger partial charge on any atom is 0.225 e. The van der Waals surface area contributed by atoms with Gasteiger partial charge in [0.25, 0.3) is 0 Å². The van der Waals surface area contributed by atoms with E-state index in [2.05, 4.69) is 10.6 Å². The largest absolute Gasteiger partial charge is 0.497 e. The van der Waals surface area contributed by atoms with Crippen LogP contribution < -0.4 is 4.74 Å². The van der Waals surface area contributed by atoms with Crippen LogP contribution in [0.15, 0.2) is 18.2 Å². The quantitative estimate of drug-likeness (QED) is 0.798. The molecular weight excluding hydrogens is 394 g/mol. The van der Waals surface area contributed by atoms with Gasteiger partial charge in [0.15, 0.2) is 0 Å². The molecule has 2 fully saturated rings. The average Bonchev–Trinajstić information content (AvgIpc) is 3.56. The zero-order valence-electron chi connectivity index (χ0n) is 18.6. The van der Waals surface area contributed by atoms with Gasteiger partial charge in [0.1, 0.15) is 5.75 Å². The second kappa shape index (κ2) is 7.26. The van der Waals surface area contributed by atoms with Crippen LogP contribution in [0.5, 0.6) is 5.75 Å². The molecule has 3 aliphatic rings. The second-order valence-electron chi connectivity index (χ2n) is 9.42. The molecule has 2 aromatic rings. The fourth-order valence-corrected chi connectivity index (χ4v) is 5.66. The van der Waals surface area contributed by atoms with Crippen LogP contribution in [0, 0.1) is 5.92 Å². The number of amides is 2. The lowest BCUT2D eigenvalue weighted by Gasteiger charge is -2.56.